The van der Waals surface area contributed by atoms with Gasteiger partial charge >= 0.3 is 12.3 Å². The molecule has 0 bridgehead atoms. The highest BCUT2D eigenvalue weighted by Crippen LogP contribution is 2.30. The molecular formula is C8H5F2NO4. The van der Waals surface area contributed by atoms with Gasteiger partial charge in [0.1, 0.15) is 0 Å². The zero-order valence-corrected chi connectivity index (χ0v) is 7.22. The van der Waals surface area contributed by atoms with Crippen LogP contribution in [0.25, 0.3) is 0 Å². The fraction of sp³-hybridized carbons (Fsp3) is 0.125. The minimum atomic E-state index is -3.22. The summed E-state index contributed by atoms with van der Waals surface area (Å²) in [7, 11) is 0. The van der Waals surface area contributed by atoms with Gasteiger partial charge in [0.05, 0.1) is 10.5 Å². The minimum absolute atomic E-state index is 0.213. The molecule has 0 heterocycles. The van der Waals surface area contributed by atoms with Crippen LogP contribution >= 0.6 is 0 Å². The summed E-state index contributed by atoms with van der Waals surface area (Å²) in [6, 6.07) is 3.34. The predicted molar refractivity (Wildman–Crippen MR) is 45.1 cm³/mol. The first-order valence-electron chi connectivity index (χ1n) is 3.73. The van der Waals surface area contributed by atoms with E-state index in [1.54, 1.807) is 0 Å². The zero-order chi connectivity index (χ0) is 11.4. The maximum atomic E-state index is 11.9. The zero-order valence-electron chi connectivity index (χ0n) is 7.22. The van der Waals surface area contributed by atoms with Crippen molar-refractivity contribution >= 4 is 12.0 Å². The molecule has 0 aromatic heterocycles. The molecule has 15 heavy (non-hydrogen) atoms. The quantitative estimate of drug-likeness (QED) is 0.439. The second-order valence-corrected chi connectivity index (χ2v) is 2.45. The molecular weight excluding hydrogens is 212 g/mol. The van der Waals surface area contributed by atoms with E-state index in [-0.39, 0.29) is 11.8 Å². The molecule has 0 radical (unpaired) electrons. The molecule has 1 rings (SSSR count). The highest BCUT2D eigenvalue weighted by molar-refractivity contribution is 5.82. The van der Waals surface area contributed by atoms with Crippen molar-refractivity contribution in [1.29, 1.82) is 0 Å². The standard InChI is InChI=1S/C8H5F2NO4/c9-8(10)15-7-5(4-12)2-1-3-6(7)11(13)14/h1-4,8H. The Hall–Kier alpha value is -2.05. The lowest BCUT2D eigenvalue weighted by Crippen LogP contribution is -2.06. The molecule has 0 aliphatic rings. The summed E-state index contributed by atoms with van der Waals surface area (Å²) in [5.74, 6) is -0.715. The van der Waals surface area contributed by atoms with Gasteiger partial charge < -0.3 is 4.74 Å². The summed E-state index contributed by atoms with van der Waals surface area (Å²) < 4.78 is 27.8. The third-order valence-electron chi connectivity index (χ3n) is 1.56. The fourth-order valence-electron chi connectivity index (χ4n) is 0.996. The molecule has 0 saturated carbocycles. The van der Waals surface area contributed by atoms with Crippen LogP contribution in [0.1, 0.15) is 10.4 Å². The minimum Gasteiger partial charge on any atom is -0.427 e. The van der Waals surface area contributed by atoms with Gasteiger partial charge in [0.25, 0.3) is 0 Å². The molecule has 1 aromatic rings. The number of rotatable bonds is 4. The molecule has 0 atom stereocenters. The number of ether oxygens (including phenoxy) is 1. The summed E-state index contributed by atoms with van der Waals surface area (Å²) >= 11 is 0. The van der Waals surface area contributed by atoms with Crippen LogP contribution in [-0.4, -0.2) is 17.8 Å². The Balaban J connectivity index is 3.26. The Morgan fingerprint density at radius 2 is 2.13 bits per heavy atom. The lowest BCUT2D eigenvalue weighted by atomic mass is 10.2. The summed E-state index contributed by atoms with van der Waals surface area (Å²) in [5.41, 5.74) is -0.954. The number of hydrogen-bond donors (Lipinski definition) is 0. The molecule has 0 aliphatic carbocycles. The normalized spacial score (nSPS) is 10.1. The van der Waals surface area contributed by atoms with E-state index < -0.39 is 23.0 Å². The molecule has 0 spiro atoms. The second-order valence-electron chi connectivity index (χ2n) is 2.45. The van der Waals surface area contributed by atoms with Crippen molar-refractivity contribution in [2.24, 2.45) is 0 Å². The maximum absolute atomic E-state index is 11.9. The molecule has 0 aliphatic heterocycles. The number of para-hydroxylation sites is 1. The summed E-state index contributed by atoms with van der Waals surface area (Å²) in [6.07, 6.45) is 0.213. The third kappa shape index (κ3) is 2.46. The highest BCUT2D eigenvalue weighted by atomic mass is 19.3. The predicted octanol–water partition coefficient (Wildman–Crippen LogP) is 2.01. The number of carbonyl (C=O) groups excluding carboxylic acids is 1. The van der Waals surface area contributed by atoms with Crippen molar-refractivity contribution in [2.45, 2.75) is 6.61 Å². The summed E-state index contributed by atoms with van der Waals surface area (Å²) in [4.78, 5) is 20.0. The van der Waals surface area contributed by atoms with Crippen LogP contribution in [0.3, 0.4) is 0 Å². The van der Waals surface area contributed by atoms with E-state index in [0.717, 1.165) is 12.1 Å². The number of aldehydes is 1. The molecule has 0 amide bonds. The van der Waals surface area contributed by atoms with Gasteiger partial charge in [-0.25, -0.2) is 0 Å². The number of halogens is 2. The fourth-order valence-corrected chi connectivity index (χ4v) is 0.996. The number of carbonyl (C=O) groups is 1. The van der Waals surface area contributed by atoms with Crippen LogP contribution in [0.15, 0.2) is 18.2 Å². The number of nitrogens with zero attached hydrogens (tertiary/aromatic N) is 1. The van der Waals surface area contributed by atoms with Gasteiger partial charge in [-0.2, -0.15) is 8.78 Å². The Morgan fingerprint density at radius 1 is 1.47 bits per heavy atom. The molecule has 1 aromatic carbocycles. The van der Waals surface area contributed by atoms with E-state index in [0.29, 0.717) is 0 Å². The lowest BCUT2D eigenvalue weighted by molar-refractivity contribution is -0.386. The Labute approximate surface area is 82.4 Å². The van der Waals surface area contributed by atoms with Crippen LogP contribution in [0.5, 0.6) is 5.75 Å². The molecule has 0 saturated heterocycles. The van der Waals surface area contributed by atoms with Gasteiger partial charge in [-0.1, -0.05) is 6.07 Å². The van der Waals surface area contributed by atoms with Crippen molar-refractivity contribution in [2.75, 3.05) is 0 Å². The van der Waals surface area contributed by atoms with Crippen LogP contribution in [0.2, 0.25) is 0 Å². The average molecular weight is 217 g/mol. The van der Waals surface area contributed by atoms with Gasteiger partial charge in [0.2, 0.25) is 5.75 Å². The average Bonchev–Trinajstić information content (AvgIpc) is 2.16. The SMILES string of the molecule is O=Cc1cccc([N+](=O)[O-])c1OC(F)F. The van der Waals surface area contributed by atoms with Crippen molar-refractivity contribution in [1.82, 2.24) is 0 Å². The summed E-state index contributed by atoms with van der Waals surface area (Å²) in [6.45, 7) is -3.22. The van der Waals surface area contributed by atoms with Crippen molar-refractivity contribution in [3.8, 4) is 5.75 Å². The lowest BCUT2D eigenvalue weighted by Gasteiger charge is -2.06. The van der Waals surface area contributed by atoms with E-state index in [4.69, 9.17) is 0 Å². The van der Waals surface area contributed by atoms with Crippen LogP contribution in [0.4, 0.5) is 14.5 Å². The largest absolute Gasteiger partial charge is 0.427 e. The summed E-state index contributed by atoms with van der Waals surface area (Å²) in [5, 5.41) is 10.4. The van der Waals surface area contributed by atoms with E-state index >= 15 is 0 Å². The smallest absolute Gasteiger partial charge is 0.387 e. The van der Waals surface area contributed by atoms with Gasteiger partial charge in [-0.3, -0.25) is 14.9 Å². The van der Waals surface area contributed by atoms with Gasteiger partial charge in [0, 0.05) is 6.07 Å². The Morgan fingerprint density at radius 3 is 2.60 bits per heavy atom. The van der Waals surface area contributed by atoms with Gasteiger partial charge in [0.15, 0.2) is 6.29 Å². The Bertz CT molecular complexity index is 394. The van der Waals surface area contributed by atoms with E-state index in [1.165, 1.54) is 6.07 Å². The van der Waals surface area contributed by atoms with Crippen molar-refractivity contribution in [3.63, 3.8) is 0 Å². The van der Waals surface area contributed by atoms with Crippen LogP contribution in [0, 0.1) is 10.1 Å². The highest BCUT2D eigenvalue weighted by Gasteiger charge is 2.21. The molecule has 7 heteroatoms. The number of nitro benzene ring substituents is 1. The topological polar surface area (TPSA) is 69.4 Å². The molecule has 80 valence electrons. The first kappa shape index (κ1) is 11.0. The van der Waals surface area contributed by atoms with E-state index in [1.807, 2.05) is 0 Å². The second kappa shape index (κ2) is 4.45. The first-order valence-corrected chi connectivity index (χ1v) is 3.73. The maximum Gasteiger partial charge on any atom is 0.387 e. The van der Waals surface area contributed by atoms with Crippen LogP contribution < -0.4 is 4.74 Å². The van der Waals surface area contributed by atoms with E-state index in [2.05, 4.69) is 4.74 Å². The first-order chi connectivity index (χ1) is 7.06. The van der Waals surface area contributed by atoms with E-state index in [9.17, 15) is 23.7 Å². The number of hydrogen-bond acceptors (Lipinski definition) is 4. The number of benzene rings is 1. The van der Waals surface area contributed by atoms with Gasteiger partial charge in [-0.05, 0) is 6.07 Å². The van der Waals surface area contributed by atoms with Gasteiger partial charge in [-0.15, -0.1) is 0 Å². The molecule has 0 unspecified atom stereocenters. The molecule has 0 N–H and O–H groups in total. The molecule has 5 nitrogen and oxygen atoms in total. The third-order valence-corrected chi connectivity index (χ3v) is 1.56. The molecule has 0 fully saturated rings. The monoisotopic (exact) mass is 217 g/mol. The van der Waals surface area contributed by atoms with Crippen molar-refractivity contribution in [3.05, 3.63) is 33.9 Å². The van der Waals surface area contributed by atoms with Crippen LogP contribution in [-0.2, 0) is 0 Å². The number of nitro groups is 1. The number of alkyl halides is 2. The Kier molecular flexibility index (Phi) is 3.27. The van der Waals surface area contributed by atoms with Crippen molar-refractivity contribution < 1.29 is 23.2 Å².